The molecular formula is C11H14NO3Se. The third-order valence-corrected chi connectivity index (χ3v) is 2.88. The molecule has 0 bridgehead atoms. The molecule has 4 nitrogen and oxygen atoms in total. The molecule has 16 heavy (non-hydrogen) atoms. The van der Waals surface area contributed by atoms with Crippen molar-refractivity contribution in [3.05, 3.63) is 29.8 Å². The molecule has 1 aromatic rings. The molecule has 0 aliphatic heterocycles. The van der Waals surface area contributed by atoms with E-state index in [2.05, 4.69) is 21.3 Å². The Morgan fingerprint density at radius 2 is 2.12 bits per heavy atom. The Morgan fingerprint density at radius 3 is 2.56 bits per heavy atom. The minimum atomic E-state index is -0.840. The molecule has 5 heteroatoms. The number of ether oxygens (including phenoxy) is 1. The first-order valence-electron chi connectivity index (χ1n) is 4.84. The second kappa shape index (κ2) is 6.53. The van der Waals surface area contributed by atoms with Crippen LogP contribution in [0.25, 0.3) is 0 Å². The Labute approximate surface area is 103 Å². The van der Waals surface area contributed by atoms with E-state index in [1.165, 1.54) is 0 Å². The summed E-state index contributed by atoms with van der Waals surface area (Å²) < 4.78 is 5.03. The van der Waals surface area contributed by atoms with Gasteiger partial charge in [0.1, 0.15) is 0 Å². The molecule has 0 aromatic heterocycles. The van der Waals surface area contributed by atoms with Crippen LogP contribution in [-0.2, 0) is 11.3 Å². The van der Waals surface area contributed by atoms with E-state index >= 15 is 0 Å². The normalized spacial score (nSPS) is 12.1. The van der Waals surface area contributed by atoms with E-state index in [9.17, 15) is 4.79 Å². The Balaban J connectivity index is 2.50. The van der Waals surface area contributed by atoms with Crippen LogP contribution in [0.3, 0.4) is 0 Å². The van der Waals surface area contributed by atoms with Crippen LogP contribution in [0.1, 0.15) is 5.56 Å². The summed E-state index contributed by atoms with van der Waals surface area (Å²) in [6.45, 7) is 0.530. The monoisotopic (exact) mass is 288 g/mol. The van der Waals surface area contributed by atoms with Crippen LogP contribution in [-0.4, -0.2) is 40.2 Å². The fraction of sp³-hybridized carbons (Fsp3) is 0.364. The van der Waals surface area contributed by atoms with Crippen LogP contribution in [0.5, 0.6) is 5.75 Å². The Bertz CT molecular complexity index is 340. The zero-order chi connectivity index (χ0) is 12.0. The Morgan fingerprint density at radius 1 is 1.50 bits per heavy atom. The molecule has 0 saturated carbocycles. The van der Waals surface area contributed by atoms with Crippen molar-refractivity contribution in [3.63, 3.8) is 0 Å². The third kappa shape index (κ3) is 3.85. The number of hydrogen-bond acceptors (Lipinski definition) is 3. The van der Waals surface area contributed by atoms with E-state index in [4.69, 9.17) is 9.84 Å². The van der Waals surface area contributed by atoms with Gasteiger partial charge in [-0.2, -0.15) is 0 Å². The number of carboxylic acid groups (broad SMARTS) is 1. The van der Waals surface area contributed by atoms with Gasteiger partial charge in [-0.3, -0.25) is 0 Å². The van der Waals surface area contributed by atoms with E-state index in [-0.39, 0.29) is 0 Å². The van der Waals surface area contributed by atoms with Gasteiger partial charge >= 0.3 is 103 Å². The van der Waals surface area contributed by atoms with E-state index in [1.54, 1.807) is 7.11 Å². The van der Waals surface area contributed by atoms with E-state index in [0.717, 1.165) is 11.3 Å². The van der Waals surface area contributed by atoms with Gasteiger partial charge in [0, 0.05) is 0 Å². The topological polar surface area (TPSA) is 58.6 Å². The summed E-state index contributed by atoms with van der Waals surface area (Å²) in [5.41, 5.74) is 1.03. The van der Waals surface area contributed by atoms with Crippen LogP contribution in [0.2, 0.25) is 5.32 Å². The third-order valence-electron chi connectivity index (χ3n) is 2.18. The van der Waals surface area contributed by atoms with Gasteiger partial charge in [0.2, 0.25) is 0 Å². The number of aliphatic carboxylic acids is 1. The molecule has 0 spiro atoms. The molecule has 1 radical (unpaired) electrons. The molecule has 1 atom stereocenters. The van der Waals surface area contributed by atoms with Crippen LogP contribution >= 0.6 is 0 Å². The summed E-state index contributed by atoms with van der Waals surface area (Å²) >= 11 is 2.72. The van der Waals surface area contributed by atoms with E-state index in [0.29, 0.717) is 11.9 Å². The molecule has 0 fully saturated rings. The average Bonchev–Trinajstić information content (AvgIpc) is 2.30. The molecule has 0 heterocycles. The van der Waals surface area contributed by atoms with E-state index < -0.39 is 12.0 Å². The van der Waals surface area contributed by atoms with Gasteiger partial charge in [-0.15, -0.1) is 0 Å². The van der Waals surface area contributed by atoms with Crippen molar-refractivity contribution in [3.8, 4) is 5.75 Å². The number of benzene rings is 1. The van der Waals surface area contributed by atoms with Crippen LogP contribution < -0.4 is 10.1 Å². The number of rotatable bonds is 6. The fourth-order valence-electron chi connectivity index (χ4n) is 1.20. The SMILES string of the molecule is COc1ccc(CN[C@@H](C[Se])C(=O)O)cc1. The fourth-order valence-corrected chi connectivity index (χ4v) is 1.75. The van der Waals surface area contributed by atoms with E-state index in [1.807, 2.05) is 24.3 Å². The van der Waals surface area contributed by atoms with Crippen molar-refractivity contribution in [2.24, 2.45) is 0 Å². The number of hydrogen-bond donors (Lipinski definition) is 2. The first-order chi connectivity index (χ1) is 7.67. The first kappa shape index (κ1) is 13.0. The zero-order valence-electron chi connectivity index (χ0n) is 8.97. The quantitative estimate of drug-likeness (QED) is 0.761. The van der Waals surface area contributed by atoms with Crippen LogP contribution in [0.4, 0.5) is 0 Å². The maximum atomic E-state index is 10.7. The summed E-state index contributed by atoms with van der Waals surface area (Å²) in [4.78, 5) is 10.7. The summed E-state index contributed by atoms with van der Waals surface area (Å²) in [5, 5.41) is 12.2. The minimum absolute atomic E-state index is 0.450. The zero-order valence-corrected chi connectivity index (χ0v) is 10.7. The molecule has 0 saturated heterocycles. The molecule has 1 aromatic carbocycles. The number of methoxy groups -OCH3 is 1. The van der Waals surface area contributed by atoms with Gasteiger partial charge in [-0.1, -0.05) is 0 Å². The van der Waals surface area contributed by atoms with Crippen molar-refractivity contribution in [2.45, 2.75) is 17.9 Å². The summed E-state index contributed by atoms with van der Waals surface area (Å²) in [5.74, 6) is -0.0466. The number of carbonyl (C=O) groups is 1. The van der Waals surface area contributed by atoms with Gasteiger partial charge in [0.05, 0.1) is 0 Å². The molecule has 0 unspecified atom stereocenters. The van der Waals surface area contributed by atoms with Crippen molar-refractivity contribution in [2.75, 3.05) is 7.11 Å². The van der Waals surface area contributed by atoms with Gasteiger partial charge in [0.15, 0.2) is 0 Å². The predicted octanol–water partition coefficient (Wildman–Crippen LogP) is 0.825. The molecule has 2 N–H and O–H groups in total. The van der Waals surface area contributed by atoms with Gasteiger partial charge in [0.25, 0.3) is 0 Å². The van der Waals surface area contributed by atoms with Gasteiger partial charge in [-0.25, -0.2) is 0 Å². The second-order valence-corrected chi connectivity index (χ2v) is 3.99. The van der Waals surface area contributed by atoms with Crippen molar-refractivity contribution >= 4 is 22.0 Å². The van der Waals surface area contributed by atoms with Crippen molar-refractivity contribution < 1.29 is 14.6 Å². The average molecular weight is 287 g/mol. The summed E-state index contributed by atoms with van der Waals surface area (Å²) in [6, 6.07) is 6.98. The van der Waals surface area contributed by atoms with Crippen molar-refractivity contribution in [1.82, 2.24) is 5.32 Å². The number of carboxylic acids is 1. The molecule has 1 rings (SSSR count). The van der Waals surface area contributed by atoms with Gasteiger partial charge in [-0.05, 0) is 0 Å². The number of nitrogens with one attached hydrogen (secondary N) is 1. The summed E-state index contributed by atoms with van der Waals surface area (Å²) in [6.07, 6.45) is 0. The first-order valence-corrected chi connectivity index (χ1v) is 6.05. The maximum absolute atomic E-state index is 10.7. The second-order valence-electron chi connectivity index (χ2n) is 3.29. The van der Waals surface area contributed by atoms with Crippen LogP contribution in [0, 0.1) is 0 Å². The summed E-state index contributed by atoms with van der Waals surface area (Å²) in [7, 11) is 1.61. The molecule has 0 aliphatic rings. The van der Waals surface area contributed by atoms with Gasteiger partial charge < -0.3 is 0 Å². The molecule has 0 amide bonds. The molecule has 87 valence electrons. The standard InChI is InChI=1S/C11H14NO3Se/c1-15-9-4-2-8(3-5-9)6-12-10(7-16)11(13)14/h2-5,10,12H,6-7H2,1H3,(H,13,14)/t10-/m0/s1. The predicted molar refractivity (Wildman–Crippen MR) is 61.8 cm³/mol. The van der Waals surface area contributed by atoms with Crippen molar-refractivity contribution in [1.29, 1.82) is 0 Å². The Hall–Kier alpha value is -1.03. The Kier molecular flexibility index (Phi) is 5.32. The molecular weight excluding hydrogens is 273 g/mol. The van der Waals surface area contributed by atoms with Crippen LogP contribution in [0.15, 0.2) is 24.3 Å². The molecule has 0 aliphatic carbocycles.